The molecule has 58 valence electrons. The van der Waals surface area contributed by atoms with Gasteiger partial charge in [0.25, 0.3) is 0 Å². The summed E-state index contributed by atoms with van der Waals surface area (Å²) < 4.78 is 13.0. The van der Waals surface area contributed by atoms with Gasteiger partial charge in [0.2, 0.25) is 0 Å². The summed E-state index contributed by atoms with van der Waals surface area (Å²) in [6.45, 7) is 3.81. The van der Waals surface area contributed by atoms with Gasteiger partial charge in [0.05, 0.1) is 0 Å². The summed E-state index contributed by atoms with van der Waals surface area (Å²) in [5.74, 6) is -0.150. The molecule has 0 aliphatic rings. The van der Waals surface area contributed by atoms with E-state index in [1.807, 2.05) is 26.0 Å². The SMILES string of the molecule is CC=C(C)c1ccccc1F. The van der Waals surface area contributed by atoms with Gasteiger partial charge in [-0.15, -0.1) is 0 Å². The van der Waals surface area contributed by atoms with Crippen LogP contribution in [0.1, 0.15) is 19.4 Å². The Bertz CT molecular complexity index is 274. The highest BCUT2D eigenvalue weighted by Crippen LogP contribution is 2.16. The van der Waals surface area contributed by atoms with Crippen molar-refractivity contribution < 1.29 is 4.39 Å². The average Bonchev–Trinajstić information content (AvgIpc) is 2.04. The smallest absolute Gasteiger partial charge is 0.130 e. The Morgan fingerprint density at radius 1 is 1.36 bits per heavy atom. The van der Waals surface area contributed by atoms with Crippen LogP contribution >= 0.6 is 0 Å². The molecule has 1 aromatic rings. The molecule has 1 aromatic carbocycles. The lowest BCUT2D eigenvalue weighted by Crippen LogP contribution is -1.84. The van der Waals surface area contributed by atoms with Crippen LogP contribution in [0.2, 0.25) is 0 Å². The van der Waals surface area contributed by atoms with Gasteiger partial charge in [-0.2, -0.15) is 0 Å². The molecular weight excluding hydrogens is 139 g/mol. The second-order valence-electron chi connectivity index (χ2n) is 2.45. The van der Waals surface area contributed by atoms with Gasteiger partial charge >= 0.3 is 0 Å². The molecule has 0 fully saturated rings. The molecule has 0 radical (unpaired) electrons. The fourth-order valence-electron chi connectivity index (χ4n) is 0.937. The molecule has 0 nitrogen and oxygen atoms in total. The minimum atomic E-state index is -0.150. The predicted molar refractivity (Wildman–Crippen MR) is 45.7 cm³/mol. The van der Waals surface area contributed by atoms with Crippen molar-refractivity contribution in [1.29, 1.82) is 0 Å². The lowest BCUT2D eigenvalue weighted by atomic mass is 10.1. The van der Waals surface area contributed by atoms with Gasteiger partial charge in [0.15, 0.2) is 0 Å². The van der Waals surface area contributed by atoms with Crippen molar-refractivity contribution in [2.45, 2.75) is 13.8 Å². The van der Waals surface area contributed by atoms with Crippen molar-refractivity contribution in [3.8, 4) is 0 Å². The molecule has 0 N–H and O–H groups in total. The molecule has 0 saturated heterocycles. The highest BCUT2D eigenvalue weighted by molar-refractivity contribution is 5.63. The van der Waals surface area contributed by atoms with E-state index in [1.54, 1.807) is 12.1 Å². The number of rotatable bonds is 1. The first-order valence-corrected chi connectivity index (χ1v) is 3.63. The van der Waals surface area contributed by atoms with E-state index in [-0.39, 0.29) is 5.82 Å². The number of hydrogen-bond donors (Lipinski definition) is 0. The van der Waals surface area contributed by atoms with Gasteiger partial charge in [0.1, 0.15) is 5.82 Å². The van der Waals surface area contributed by atoms with Crippen molar-refractivity contribution in [3.63, 3.8) is 0 Å². The van der Waals surface area contributed by atoms with Crippen molar-refractivity contribution in [3.05, 3.63) is 41.7 Å². The van der Waals surface area contributed by atoms with Crippen LogP contribution in [0.3, 0.4) is 0 Å². The van der Waals surface area contributed by atoms with Crippen molar-refractivity contribution >= 4 is 5.57 Å². The van der Waals surface area contributed by atoms with E-state index < -0.39 is 0 Å². The molecule has 0 saturated carbocycles. The fraction of sp³-hybridized carbons (Fsp3) is 0.200. The first-order valence-electron chi connectivity index (χ1n) is 3.63. The number of halogens is 1. The summed E-state index contributed by atoms with van der Waals surface area (Å²) in [5, 5.41) is 0. The van der Waals surface area contributed by atoms with E-state index in [2.05, 4.69) is 0 Å². The van der Waals surface area contributed by atoms with Crippen LogP contribution in [0.4, 0.5) is 4.39 Å². The minimum absolute atomic E-state index is 0.150. The molecule has 11 heavy (non-hydrogen) atoms. The van der Waals surface area contributed by atoms with E-state index in [9.17, 15) is 4.39 Å². The molecule has 0 atom stereocenters. The largest absolute Gasteiger partial charge is 0.206 e. The maximum Gasteiger partial charge on any atom is 0.130 e. The molecular formula is C10H11F. The van der Waals surface area contributed by atoms with Crippen LogP contribution in [0.25, 0.3) is 5.57 Å². The lowest BCUT2D eigenvalue weighted by molar-refractivity contribution is 0.624. The van der Waals surface area contributed by atoms with Crippen LogP contribution in [0, 0.1) is 5.82 Å². The molecule has 0 spiro atoms. The summed E-state index contributed by atoms with van der Waals surface area (Å²) in [4.78, 5) is 0. The molecule has 0 bridgehead atoms. The quantitative estimate of drug-likeness (QED) is 0.576. The number of benzene rings is 1. The summed E-state index contributed by atoms with van der Waals surface area (Å²) in [6, 6.07) is 6.79. The zero-order chi connectivity index (χ0) is 8.27. The van der Waals surface area contributed by atoms with E-state index in [1.165, 1.54) is 6.07 Å². The molecule has 0 aromatic heterocycles. The Balaban J connectivity index is 3.14. The highest BCUT2D eigenvalue weighted by atomic mass is 19.1. The van der Waals surface area contributed by atoms with Crippen molar-refractivity contribution in [2.24, 2.45) is 0 Å². The van der Waals surface area contributed by atoms with Gasteiger partial charge in [-0.1, -0.05) is 24.3 Å². The molecule has 1 heteroatoms. The normalized spacial score (nSPS) is 11.7. The highest BCUT2D eigenvalue weighted by Gasteiger charge is 1.99. The Hall–Kier alpha value is -1.11. The lowest BCUT2D eigenvalue weighted by Gasteiger charge is -2.00. The summed E-state index contributed by atoms with van der Waals surface area (Å²) in [6.07, 6.45) is 1.90. The molecule has 0 aliphatic heterocycles. The van der Waals surface area contributed by atoms with Gasteiger partial charge in [0, 0.05) is 5.56 Å². The zero-order valence-electron chi connectivity index (χ0n) is 6.76. The Labute approximate surface area is 66.4 Å². The Morgan fingerprint density at radius 2 is 2.00 bits per heavy atom. The summed E-state index contributed by atoms with van der Waals surface area (Å²) in [5.41, 5.74) is 1.66. The second kappa shape index (κ2) is 3.33. The van der Waals surface area contributed by atoms with E-state index in [0.29, 0.717) is 5.56 Å². The average molecular weight is 150 g/mol. The van der Waals surface area contributed by atoms with Crippen LogP contribution in [-0.2, 0) is 0 Å². The molecule has 0 aliphatic carbocycles. The third-order valence-electron chi connectivity index (χ3n) is 1.73. The molecule has 1 rings (SSSR count). The van der Waals surface area contributed by atoms with E-state index in [4.69, 9.17) is 0 Å². The van der Waals surface area contributed by atoms with Crippen molar-refractivity contribution in [2.75, 3.05) is 0 Å². The zero-order valence-corrected chi connectivity index (χ0v) is 6.76. The molecule has 0 unspecified atom stereocenters. The van der Waals surface area contributed by atoms with Gasteiger partial charge in [-0.05, 0) is 25.5 Å². The monoisotopic (exact) mass is 150 g/mol. The topological polar surface area (TPSA) is 0 Å². The second-order valence-corrected chi connectivity index (χ2v) is 2.45. The van der Waals surface area contributed by atoms with Gasteiger partial charge in [-0.25, -0.2) is 4.39 Å². The van der Waals surface area contributed by atoms with Crippen molar-refractivity contribution in [1.82, 2.24) is 0 Å². The van der Waals surface area contributed by atoms with Gasteiger partial charge in [-0.3, -0.25) is 0 Å². The first kappa shape index (κ1) is 7.99. The third-order valence-corrected chi connectivity index (χ3v) is 1.73. The van der Waals surface area contributed by atoms with E-state index >= 15 is 0 Å². The summed E-state index contributed by atoms with van der Waals surface area (Å²) in [7, 11) is 0. The summed E-state index contributed by atoms with van der Waals surface area (Å²) >= 11 is 0. The van der Waals surface area contributed by atoms with Crippen LogP contribution < -0.4 is 0 Å². The minimum Gasteiger partial charge on any atom is -0.206 e. The van der Waals surface area contributed by atoms with Crippen LogP contribution in [0.15, 0.2) is 30.3 Å². The molecule has 0 heterocycles. The fourth-order valence-corrected chi connectivity index (χ4v) is 0.937. The van der Waals surface area contributed by atoms with Crippen LogP contribution in [-0.4, -0.2) is 0 Å². The van der Waals surface area contributed by atoms with Crippen LogP contribution in [0.5, 0.6) is 0 Å². The number of allylic oxidation sites excluding steroid dienone is 2. The third kappa shape index (κ3) is 1.67. The Morgan fingerprint density at radius 3 is 2.55 bits per heavy atom. The maximum absolute atomic E-state index is 13.0. The van der Waals surface area contributed by atoms with Gasteiger partial charge < -0.3 is 0 Å². The Kier molecular flexibility index (Phi) is 2.42. The first-order chi connectivity index (χ1) is 5.25. The molecule has 0 amide bonds. The standard InChI is InChI=1S/C10H11F/c1-3-8(2)9-6-4-5-7-10(9)11/h3-7H,1-2H3. The predicted octanol–water partition coefficient (Wildman–Crippen LogP) is 3.25. The van der Waals surface area contributed by atoms with E-state index in [0.717, 1.165) is 5.57 Å². The number of hydrogen-bond acceptors (Lipinski definition) is 0. The maximum atomic E-state index is 13.0.